The average molecular weight is 432 g/mol. The van der Waals surface area contributed by atoms with Crippen LogP contribution in [0.5, 0.6) is 5.75 Å². The van der Waals surface area contributed by atoms with Gasteiger partial charge in [-0.3, -0.25) is 4.79 Å². The molecule has 0 aliphatic carbocycles. The molecule has 0 atom stereocenters. The Kier molecular flexibility index (Phi) is 6.42. The first-order valence-electron chi connectivity index (χ1n) is 10.3. The van der Waals surface area contributed by atoms with Crippen LogP contribution in [0.25, 0.3) is 0 Å². The van der Waals surface area contributed by atoms with Gasteiger partial charge in [0.15, 0.2) is 0 Å². The predicted molar refractivity (Wildman–Crippen MR) is 124 cm³/mol. The predicted octanol–water partition coefficient (Wildman–Crippen LogP) is 2.90. The number of rotatable bonds is 6. The lowest BCUT2D eigenvalue weighted by Crippen LogP contribution is -2.49. The van der Waals surface area contributed by atoms with Crippen LogP contribution in [0.15, 0.2) is 78.9 Å². The Bertz CT molecular complexity index is 1070. The maximum absolute atomic E-state index is 13.1. The summed E-state index contributed by atoms with van der Waals surface area (Å²) >= 11 is 0. The van der Waals surface area contributed by atoms with Gasteiger partial charge in [-0.25, -0.2) is 0 Å². The molecule has 1 heterocycles. The van der Waals surface area contributed by atoms with Gasteiger partial charge in [0, 0.05) is 42.6 Å². The smallest absolute Gasteiger partial charge is 0.433 e. The molecule has 158 valence electrons. The van der Waals surface area contributed by atoms with Crippen LogP contribution in [0.2, 0.25) is 0 Å². The highest BCUT2D eigenvalue weighted by Gasteiger charge is 2.24. The average Bonchev–Trinajstić information content (AvgIpc) is 2.84. The zero-order valence-corrected chi connectivity index (χ0v) is 18.5. The fourth-order valence-electron chi connectivity index (χ4n) is 3.74. The number of carbonyl (C=O) groups is 1. The standard InChI is InChI=1S/C24H25N3O3Si/c1-30-23-13-6-5-12-22(23)26-14-16-27(17-15-26)24(28)19-8-7-11-21(18-19)31(29)25-20-9-3-2-4-10-20/h2-13,18,25H,14-17H2,1H3. The number of ether oxygens (including phenoxy) is 1. The summed E-state index contributed by atoms with van der Waals surface area (Å²) in [4.78, 5) is 20.2. The summed E-state index contributed by atoms with van der Waals surface area (Å²) in [6, 6.07) is 24.5. The van der Waals surface area contributed by atoms with E-state index in [1.807, 2.05) is 59.5 Å². The number of nitrogens with zero attached hydrogens (tertiary/aromatic N) is 2. The Morgan fingerprint density at radius 3 is 2.35 bits per heavy atom. The molecule has 7 heteroatoms. The molecule has 1 amide bonds. The summed E-state index contributed by atoms with van der Waals surface area (Å²) in [6.45, 7) is 2.72. The number of anilines is 2. The summed E-state index contributed by atoms with van der Waals surface area (Å²) in [5.41, 5.74) is 2.41. The van der Waals surface area contributed by atoms with Gasteiger partial charge < -0.3 is 24.0 Å². The summed E-state index contributed by atoms with van der Waals surface area (Å²) in [5.74, 6) is 0.807. The zero-order valence-electron chi connectivity index (χ0n) is 17.5. The zero-order chi connectivity index (χ0) is 21.6. The molecular formula is C24H25N3O3Si. The minimum Gasteiger partial charge on any atom is -0.495 e. The Morgan fingerprint density at radius 1 is 0.903 bits per heavy atom. The second-order valence-electron chi connectivity index (χ2n) is 7.35. The van der Waals surface area contributed by atoms with Crippen molar-refractivity contribution in [2.45, 2.75) is 0 Å². The molecule has 0 spiro atoms. The van der Waals surface area contributed by atoms with Crippen molar-refractivity contribution in [3.8, 4) is 5.75 Å². The molecule has 1 aliphatic heterocycles. The molecule has 31 heavy (non-hydrogen) atoms. The van der Waals surface area contributed by atoms with Crippen molar-refractivity contribution in [2.75, 3.05) is 43.2 Å². The van der Waals surface area contributed by atoms with Gasteiger partial charge >= 0.3 is 8.84 Å². The van der Waals surface area contributed by atoms with Crippen molar-refractivity contribution in [1.29, 1.82) is 0 Å². The van der Waals surface area contributed by atoms with Crippen LogP contribution in [0.3, 0.4) is 0 Å². The normalized spacial score (nSPS) is 13.6. The number of hydrogen-bond donors (Lipinski definition) is 1. The number of piperazine rings is 1. The molecule has 1 aliphatic rings. The van der Waals surface area contributed by atoms with E-state index in [2.05, 4.69) is 9.88 Å². The molecule has 1 saturated heterocycles. The van der Waals surface area contributed by atoms with E-state index in [0.29, 0.717) is 23.8 Å². The number of para-hydroxylation sites is 3. The molecule has 0 radical (unpaired) electrons. The van der Waals surface area contributed by atoms with E-state index in [1.54, 1.807) is 31.4 Å². The van der Waals surface area contributed by atoms with Crippen LogP contribution in [0.4, 0.5) is 11.4 Å². The van der Waals surface area contributed by atoms with E-state index in [1.165, 1.54) is 0 Å². The Labute approximate surface area is 183 Å². The van der Waals surface area contributed by atoms with Crippen LogP contribution in [0.1, 0.15) is 10.4 Å². The minimum atomic E-state index is -2.25. The van der Waals surface area contributed by atoms with Crippen molar-refractivity contribution in [1.82, 2.24) is 4.90 Å². The molecule has 0 unspecified atom stereocenters. The second-order valence-corrected chi connectivity index (χ2v) is 8.84. The molecule has 1 fully saturated rings. The molecule has 0 saturated carbocycles. The first-order chi connectivity index (χ1) is 15.2. The maximum Gasteiger partial charge on any atom is 0.433 e. The highest BCUT2D eigenvalue weighted by molar-refractivity contribution is 6.63. The van der Waals surface area contributed by atoms with Crippen LogP contribution < -0.4 is 19.8 Å². The molecule has 6 nitrogen and oxygen atoms in total. The number of nitrogens with one attached hydrogen (secondary N) is 1. The second kappa shape index (κ2) is 9.57. The number of benzene rings is 3. The van der Waals surface area contributed by atoms with E-state index in [9.17, 15) is 9.26 Å². The molecular weight excluding hydrogens is 406 g/mol. The van der Waals surface area contributed by atoms with Gasteiger partial charge in [-0.2, -0.15) is 0 Å². The minimum absolute atomic E-state index is 0.0314. The van der Waals surface area contributed by atoms with Crippen LogP contribution in [0, 0.1) is 0 Å². The third-order valence-corrected chi connectivity index (χ3v) is 6.75. The number of hydrogen-bond acceptors (Lipinski definition) is 4. The summed E-state index contributed by atoms with van der Waals surface area (Å²) in [7, 11) is -0.579. The summed E-state index contributed by atoms with van der Waals surface area (Å²) < 4.78 is 18.2. The molecule has 0 bridgehead atoms. The van der Waals surface area contributed by atoms with Gasteiger partial charge in [-0.15, -0.1) is 0 Å². The third-order valence-electron chi connectivity index (χ3n) is 5.40. The number of amides is 1. The van der Waals surface area contributed by atoms with Gasteiger partial charge in [0.2, 0.25) is 0 Å². The largest absolute Gasteiger partial charge is 0.495 e. The van der Waals surface area contributed by atoms with Crippen molar-refractivity contribution in [3.05, 3.63) is 84.4 Å². The lowest BCUT2D eigenvalue weighted by atomic mass is 10.1. The van der Waals surface area contributed by atoms with Crippen LogP contribution >= 0.6 is 0 Å². The number of methoxy groups -OCH3 is 1. The lowest BCUT2D eigenvalue weighted by molar-refractivity contribution is 0.0747. The van der Waals surface area contributed by atoms with Crippen molar-refractivity contribution in [2.24, 2.45) is 0 Å². The van der Waals surface area contributed by atoms with E-state index < -0.39 is 8.84 Å². The first kappa shape index (κ1) is 20.8. The van der Waals surface area contributed by atoms with Crippen LogP contribution in [-0.2, 0) is 4.46 Å². The maximum atomic E-state index is 13.1. The lowest BCUT2D eigenvalue weighted by Gasteiger charge is -2.36. The number of carbonyl (C=O) groups excluding carboxylic acids is 1. The van der Waals surface area contributed by atoms with Gasteiger partial charge in [0.1, 0.15) is 5.75 Å². The summed E-state index contributed by atoms with van der Waals surface area (Å²) in [6.07, 6.45) is 0. The Balaban J connectivity index is 1.41. The Hall–Kier alpha value is -3.45. The topological polar surface area (TPSA) is 61.9 Å². The van der Waals surface area contributed by atoms with E-state index in [-0.39, 0.29) is 5.91 Å². The van der Waals surface area contributed by atoms with Gasteiger partial charge in [0.25, 0.3) is 5.91 Å². The SMILES string of the molecule is COc1ccccc1N1CCN(C(=O)c2cccc([Si](=O)Nc3ccccc3)c2)CC1. The molecule has 3 aromatic carbocycles. The summed E-state index contributed by atoms with van der Waals surface area (Å²) in [5, 5.41) is 0.646. The fraction of sp³-hybridized carbons (Fsp3) is 0.208. The van der Waals surface area contributed by atoms with Gasteiger partial charge in [-0.05, 0) is 36.4 Å². The molecule has 1 N–H and O–H groups in total. The fourth-order valence-corrected chi connectivity index (χ4v) is 4.85. The highest BCUT2D eigenvalue weighted by atomic mass is 28.3. The highest BCUT2D eigenvalue weighted by Crippen LogP contribution is 2.28. The monoisotopic (exact) mass is 431 g/mol. The molecule has 4 rings (SSSR count). The molecule has 3 aromatic rings. The Morgan fingerprint density at radius 2 is 1.61 bits per heavy atom. The van der Waals surface area contributed by atoms with Crippen LogP contribution in [-0.4, -0.2) is 52.9 Å². The van der Waals surface area contributed by atoms with Crippen molar-refractivity contribution >= 4 is 31.3 Å². The van der Waals surface area contributed by atoms with Gasteiger partial charge in [-0.1, -0.05) is 42.5 Å². The van der Waals surface area contributed by atoms with Crippen molar-refractivity contribution < 1.29 is 14.0 Å². The molecule has 0 aromatic heterocycles. The third kappa shape index (κ3) is 4.83. The van der Waals surface area contributed by atoms with Gasteiger partial charge in [0.05, 0.1) is 12.8 Å². The van der Waals surface area contributed by atoms with E-state index >= 15 is 0 Å². The van der Waals surface area contributed by atoms with E-state index in [0.717, 1.165) is 30.2 Å². The first-order valence-corrected chi connectivity index (χ1v) is 11.7. The van der Waals surface area contributed by atoms with E-state index in [4.69, 9.17) is 4.74 Å². The van der Waals surface area contributed by atoms with Crippen molar-refractivity contribution in [3.63, 3.8) is 0 Å². The quantitative estimate of drug-likeness (QED) is 0.608.